The van der Waals surface area contributed by atoms with Gasteiger partial charge in [0.05, 0.1) is 16.4 Å². The summed E-state index contributed by atoms with van der Waals surface area (Å²) < 4.78 is 1.89. The van der Waals surface area contributed by atoms with Gasteiger partial charge in [-0.25, -0.2) is 9.69 Å². The molecule has 5 rings (SSSR count). The molecule has 1 aliphatic heterocycles. The normalized spacial score (nSPS) is 18.7. The minimum Gasteiger partial charge on any atom is -0.283 e. The van der Waals surface area contributed by atoms with Crippen LogP contribution in [0.5, 0.6) is 0 Å². The van der Waals surface area contributed by atoms with Crippen LogP contribution in [0.25, 0.3) is 5.69 Å². The van der Waals surface area contributed by atoms with Crippen molar-refractivity contribution < 1.29 is 4.79 Å². The second-order valence-corrected chi connectivity index (χ2v) is 10.8. The fourth-order valence-electron chi connectivity index (χ4n) is 5.33. The number of hydrazine groups is 1. The van der Waals surface area contributed by atoms with Crippen molar-refractivity contribution in [2.24, 2.45) is 0 Å². The Hall–Kier alpha value is -2.05. The van der Waals surface area contributed by atoms with E-state index in [9.17, 15) is 4.79 Å². The number of benzene rings is 2. The first-order valence-corrected chi connectivity index (χ1v) is 13.5. The second-order valence-electron chi connectivity index (χ2n) is 9.49. The Bertz CT molecular complexity index is 1220. The van der Waals surface area contributed by atoms with Crippen LogP contribution in [0, 0.1) is 0 Å². The Kier molecular flexibility index (Phi) is 7.68. The van der Waals surface area contributed by atoms with Crippen molar-refractivity contribution >= 4 is 40.7 Å². The van der Waals surface area contributed by atoms with Gasteiger partial charge in [-0.05, 0) is 74.4 Å². The highest BCUT2D eigenvalue weighted by Gasteiger charge is 2.31. The molecule has 5 nitrogen and oxygen atoms in total. The third kappa shape index (κ3) is 5.54. The summed E-state index contributed by atoms with van der Waals surface area (Å²) in [4.78, 5) is 13.5. The summed E-state index contributed by atoms with van der Waals surface area (Å²) in [6.45, 7) is 1.74. The molecule has 1 aliphatic carbocycles. The molecule has 1 N–H and O–H groups in total. The van der Waals surface area contributed by atoms with Crippen LogP contribution in [0.4, 0.5) is 0 Å². The maximum Gasteiger partial charge on any atom is 0.286 e. The van der Waals surface area contributed by atoms with Gasteiger partial charge in [0.25, 0.3) is 5.91 Å². The zero-order valence-corrected chi connectivity index (χ0v) is 21.8. The lowest BCUT2D eigenvalue weighted by Gasteiger charge is -2.26. The van der Waals surface area contributed by atoms with Crippen molar-refractivity contribution in [2.45, 2.75) is 57.3 Å². The Labute approximate surface area is 221 Å². The zero-order chi connectivity index (χ0) is 24.4. The number of hydrogen-bond donors (Lipinski definition) is 1. The summed E-state index contributed by atoms with van der Waals surface area (Å²) >= 11 is 19.1. The minimum atomic E-state index is -0.143. The van der Waals surface area contributed by atoms with Crippen molar-refractivity contribution in [3.63, 3.8) is 0 Å². The Morgan fingerprint density at radius 3 is 2.54 bits per heavy atom. The molecule has 0 radical (unpaired) electrons. The summed E-state index contributed by atoms with van der Waals surface area (Å²) in [6.07, 6.45) is 8.13. The maximum absolute atomic E-state index is 13.5. The van der Waals surface area contributed by atoms with Crippen LogP contribution in [0.2, 0.25) is 15.1 Å². The molecular weight excluding hydrogens is 503 g/mol. The van der Waals surface area contributed by atoms with Crippen molar-refractivity contribution in [1.82, 2.24) is 20.2 Å². The number of carbonyl (C=O) groups is 1. The highest BCUT2D eigenvalue weighted by Crippen LogP contribution is 2.38. The average molecular weight is 532 g/mol. The molecule has 3 aromatic rings. The van der Waals surface area contributed by atoms with Gasteiger partial charge in [0, 0.05) is 34.6 Å². The van der Waals surface area contributed by atoms with Gasteiger partial charge in [-0.3, -0.25) is 10.2 Å². The predicted molar refractivity (Wildman–Crippen MR) is 142 cm³/mol. The SMILES string of the molecule is O=C(NN1CCCCC1)c1nn(-c2ccc(Cl)cc2Cl)c2c1CCCCC2Cc1cccc(Cl)c1. The van der Waals surface area contributed by atoms with E-state index in [-0.39, 0.29) is 11.8 Å². The van der Waals surface area contributed by atoms with Crippen molar-refractivity contribution in [2.75, 3.05) is 13.1 Å². The lowest BCUT2D eigenvalue weighted by Crippen LogP contribution is -2.45. The lowest BCUT2D eigenvalue weighted by molar-refractivity contribution is 0.0743. The molecular formula is C27H29Cl3N4O. The molecule has 1 fully saturated rings. The maximum atomic E-state index is 13.5. The zero-order valence-electron chi connectivity index (χ0n) is 19.6. The van der Waals surface area contributed by atoms with Gasteiger partial charge in [-0.2, -0.15) is 5.10 Å². The van der Waals surface area contributed by atoms with Gasteiger partial charge >= 0.3 is 0 Å². The van der Waals surface area contributed by atoms with E-state index in [1.54, 1.807) is 6.07 Å². The first kappa shape index (κ1) is 24.6. The van der Waals surface area contributed by atoms with Crippen LogP contribution in [0.1, 0.15) is 71.8 Å². The molecule has 184 valence electrons. The molecule has 8 heteroatoms. The summed E-state index contributed by atoms with van der Waals surface area (Å²) in [7, 11) is 0. The van der Waals surface area contributed by atoms with Crippen molar-refractivity contribution in [3.8, 4) is 5.69 Å². The minimum absolute atomic E-state index is 0.143. The first-order valence-electron chi connectivity index (χ1n) is 12.4. The van der Waals surface area contributed by atoms with E-state index in [4.69, 9.17) is 39.9 Å². The van der Waals surface area contributed by atoms with Crippen molar-refractivity contribution in [3.05, 3.63) is 80.0 Å². The van der Waals surface area contributed by atoms with E-state index in [1.807, 2.05) is 40.0 Å². The van der Waals surface area contributed by atoms with E-state index in [0.29, 0.717) is 15.7 Å². The summed E-state index contributed by atoms with van der Waals surface area (Å²) in [5, 5.41) is 8.72. The monoisotopic (exact) mass is 530 g/mol. The third-order valence-corrected chi connectivity index (χ3v) is 7.75. The number of nitrogens with one attached hydrogen (secondary N) is 1. The summed E-state index contributed by atoms with van der Waals surface area (Å²) in [5.41, 5.74) is 7.61. The number of halogens is 3. The van der Waals surface area contributed by atoms with Crippen LogP contribution in [0.15, 0.2) is 42.5 Å². The van der Waals surface area contributed by atoms with E-state index < -0.39 is 0 Å². The third-order valence-electron chi connectivity index (χ3n) is 6.98. The number of rotatable bonds is 5. The molecule has 0 saturated carbocycles. The topological polar surface area (TPSA) is 50.2 Å². The quantitative estimate of drug-likeness (QED) is 0.360. The highest BCUT2D eigenvalue weighted by molar-refractivity contribution is 6.35. The van der Waals surface area contributed by atoms with Gasteiger partial charge in [-0.15, -0.1) is 0 Å². The lowest BCUT2D eigenvalue weighted by atomic mass is 9.91. The summed E-state index contributed by atoms with van der Waals surface area (Å²) in [6, 6.07) is 13.4. The largest absolute Gasteiger partial charge is 0.286 e. The first-order chi connectivity index (χ1) is 17.0. The molecule has 1 aromatic heterocycles. The average Bonchev–Trinajstić information content (AvgIpc) is 3.09. The Morgan fingerprint density at radius 1 is 0.971 bits per heavy atom. The highest BCUT2D eigenvalue weighted by atomic mass is 35.5. The molecule has 35 heavy (non-hydrogen) atoms. The van der Waals surface area contributed by atoms with Gasteiger partial charge < -0.3 is 0 Å². The molecule has 0 bridgehead atoms. The van der Waals surface area contributed by atoms with Gasteiger partial charge in [-0.1, -0.05) is 59.8 Å². The number of hydrogen-bond acceptors (Lipinski definition) is 3. The van der Waals surface area contributed by atoms with Crippen LogP contribution >= 0.6 is 34.8 Å². The predicted octanol–water partition coefficient (Wildman–Crippen LogP) is 7.02. The van der Waals surface area contributed by atoms with Gasteiger partial charge in [0.1, 0.15) is 0 Å². The Morgan fingerprint density at radius 2 is 1.77 bits per heavy atom. The number of nitrogens with zero attached hydrogens (tertiary/aromatic N) is 3. The molecule has 1 saturated heterocycles. The molecule has 0 spiro atoms. The standard InChI is InChI=1S/C27H29Cl3N4O/c28-20-9-6-7-18(16-20)15-19-8-2-3-10-22-25(27(35)32-33-13-4-1-5-14-33)31-34(26(19)22)24-12-11-21(29)17-23(24)30/h6-7,9,11-12,16-17,19H,1-5,8,10,13-15H2,(H,32,35). The van der Waals surface area contributed by atoms with Crippen LogP contribution in [-0.4, -0.2) is 33.8 Å². The molecule has 1 amide bonds. The van der Waals surface area contributed by atoms with Crippen LogP contribution < -0.4 is 5.43 Å². The van der Waals surface area contributed by atoms with Crippen LogP contribution in [-0.2, 0) is 12.8 Å². The van der Waals surface area contributed by atoms with E-state index >= 15 is 0 Å². The van der Waals surface area contributed by atoms with Crippen LogP contribution in [0.3, 0.4) is 0 Å². The van der Waals surface area contributed by atoms with Crippen molar-refractivity contribution in [1.29, 1.82) is 0 Å². The Balaban J connectivity index is 1.59. The second kappa shape index (κ2) is 10.9. The fourth-order valence-corrected chi connectivity index (χ4v) is 6.03. The number of piperidine rings is 1. The number of fused-ring (bicyclic) bond motifs is 1. The molecule has 2 aromatic carbocycles. The number of aromatic nitrogens is 2. The molecule has 1 unspecified atom stereocenters. The van der Waals surface area contributed by atoms with E-state index in [2.05, 4.69) is 11.5 Å². The summed E-state index contributed by atoms with van der Waals surface area (Å²) in [5.74, 6) is 0.0390. The molecule has 2 heterocycles. The number of carbonyl (C=O) groups excluding carboxylic acids is 1. The van der Waals surface area contributed by atoms with E-state index in [0.717, 1.165) is 80.0 Å². The fraction of sp³-hybridized carbons (Fsp3) is 0.407. The smallest absolute Gasteiger partial charge is 0.283 e. The molecule has 1 atom stereocenters. The number of amides is 1. The van der Waals surface area contributed by atoms with Gasteiger partial charge in [0.2, 0.25) is 0 Å². The van der Waals surface area contributed by atoms with Gasteiger partial charge in [0.15, 0.2) is 5.69 Å². The van der Waals surface area contributed by atoms with E-state index in [1.165, 1.54) is 12.0 Å². The molecule has 2 aliphatic rings.